The van der Waals surface area contributed by atoms with Gasteiger partial charge < -0.3 is 4.74 Å². The van der Waals surface area contributed by atoms with Crippen molar-refractivity contribution in [1.29, 1.82) is 0 Å². The number of hydrogen-bond acceptors (Lipinski definition) is 3. The number of aryl methyl sites for hydroxylation is 1. The summed E-state index contributed by atoms with van der Waals surface area (Å²) in [7, 11) is 0. The molecule has 1 fully saturated rings. The van der Waals surface area contributed by atoms with Crippen molar-refractivity contribution >= 4 is 5.97 Å². The van der Waals surface area contributed by atoms with Crippen molar-refractivity contribution in [2.45, 2.75) is 32.4 Å². The van der Waals surface area contributed by atoms with E-state index >= 15 is 0 Å². The normalized spacial score (nSPS) is 16.1. The van der Waals surface area contributed by atoms with Gasteiger partial charge in [0.15, 0.2) is 0 Å². The lowest BCUT2D eigenvalue weighted by atomic mass is 10.1. The minimum Gasteiger partial charge on any atom is -0.459 e. The molecule has 0 radical (unpaired) electrons. The molecule has 0 bridgehead atoms. The van der Waals surface area contributed by atoms with Crippen LogP contribution in [0.2, 0.25) is 0 Å². The molecule has 3 rings (SSSR count). The SMILES string of the molecule is Cc1ccc(C(=O)OC2CCN(Cc3ccc(F)cc3)CC2)cc1. The largest absolute Gasteiger partial charge is 0.459 e. The van der Waals surface area contributed by atoms with Crippen LogP contribution in [0.15, 0.2) is 48.5 Å². The van der Waals surface area contributed by atoms with Crippen LogP contribution in [0.25, 0.3) is 0 Å². The summed E-state index contributed by atoms with van der Waals surface area (Å²) in [6, 6.07) is 14.1. The Morgan fingerprint density at radius 2 is 1.71 bits per heavy atom. The zero-order valence-electron chi connectivity index (χ0n) is 13.9. The topological polar surface area (TPSA) is 29.5 Å². The standard InChI is InChI=1S/C20H22FNO2/c1-15-2-6-17(7-3-15)20(23)24-19-10-12-22(13-11-19)14-16-4-8-18(21)9-5-16/h2-9,19H,10-14H2,1H3. The van der Waals surface area contributed by atoms with E-state index in [1.54, 1.807) is 12.1 Å². The third kappa shape index (κ3) is 4.42. The van der Waals surface area contributed by atoms with Crippen LogP contribution in [-0.4, -0.2) is 30.1 Å². The van der Waals surface area contributed by atoms with Crippen molar-refractivity contribution in [1.82, 2.24) is 4.90 Å². The summed E-state index contributed by atoms with van der Waals surface area (Å²) >= 11 is 0. The number of carbonyl (C=O) groups is 1. The zero-order valence-corrected chi connectivity index (χ0v) is 13.9. The second-order valence-electron chi connectivity index (χ2n) is 6.37. The van der Waals surface area contributed by atoms with Crippen molar-refractivity contribution < 1.29 is 13.9 Å². The molecule has 0 atom stereocenters. The van der Waals surface area contributed by atoms with E-state index in [0.29, 0.717) is 5.56 Å². The van der Waals surface area contributed by atoms with Gasteiger partial charge in [-0.05, 0) is 49.6 Å². The summed E-state index contributed by atoms with van der Waals surface area (Å²) < 4.78 is 18.6. The van der Waals surface area contributed by atoms with Gasteiger partial charge in [-0.2, -0.15) is 0 Å². The summed E-state index contributed by atoms with van der Waals surface area (Å²) in [4.78, 5) is 14.5. The van der Waals surface area contributed by atoms with Crippen LogP contribution < -0.4 is 0 Å². The molecule has 1 heterocycles. The smallest absolute Gasteiger partial charge is 0.338 e. The molecule has 1 saturated heterocycles. The molecule has 3 nitrogen and oxygen atoms in total. The first-order valence-corrected chi connectivity index (χ1v) is 8.34. The number of likely N-dealkylation sites (tertiary alicyclic amines) is 1. The predicted octanol–water partition coefficient (Wildman–Crippen LogP) is 3.96. The van der Waals surface area contributed by atoms with E-state index in [-0.39, 0.29) is 17.9 Å². The molecular formula is C20H22FNO2. The number of esters is 1. The molecule has 0 aliphatic carbocycles. The Labute approximate surface area is 142 Å². The Bertz CT molecular complexity index is 674. The quantitative estimate of drug-likeness (QED) is 0.796. The molecule has 4 heteroatoms. The Morgan fingerprint density at radius 3 is 2.33 bits per heavy atom. The number of piperidine rings is 1. The molecule has 0 saturated carbocycles. The van der Waals surface area contributed by atoms with E-state index in [0.717, 1.165) is 43.6 Å². The van der Waals surface area contributed by atoms with E-state index in [1.807, 2.05) is 31.2 Å². The van der Waals surface area contributed by atoms with Gasteiger partial charge in [-0.3, -0.25) is 4.90 Å². The second kappa shape index (κ2) is 7.58. The summed E-state index contributed by atoms with van der Waals surface area (Å²) in [6.45, 7) is 4.55. The minimum absolute atomic E-state index is 0.0247. The maximum absolute atomic E-state index is 12.9. The van der Waals surface area contributed by atoms with Gasteiger partial charge in [-0.15, -0.1) is 0 Å². The maximum Gasteiger partial charge on any atom is 0.338 e. The molecule has 126 valence electrons. The van der Waals surface area contributed by atoms with Crippen LogP contribution in [0.3, 0.4) is 0 Å². The first-order chi connectivity index (χ1) is 11.6. The maximum atomic E-state index is 12.9. The Hall–Kier alpha value is -2.20. The molecule has 1 aliphatic rings. The fourth-order valence-electron chi connectivity index (χ4n) is 2.94. The third-order valence-electron chi connectivity index (χ3n) is 4.42. The van der Waals surface area contributed by atoms with Crippen LogP contribution in [-0.2, 0) is 11.3 Å². The highest BCUT2D eigenvalue weighted by atomic mass is 19.1. The minimum atomic E-state index is -0.244. The number of halogens is 1. The van der Waals surface area contributed by atoms with Gasteiger partial charge in [-0.25, -0.2) is 9.18 Å². The molecule has 2 aromatic carbocycles. The highest BCUT2D eigenvalue weighted by Crippen LogP contribution is 2.18. The number of ether oxygens (including phenoxy) is 1. The van der Waals surface area contributed by atoms with Crippen molar-refractivity contribution in [3.05, 3.63) is 71.0 Å². The molecule has 2 aromatic rings. The van der Waals surface area contributed by atoms with Gasteiger partial charge in [0.05, 0.1) is 5.56 Å². The molecule has 0 aromatic heterocycles. The molecular weight excluding hydrogens is 305 g/mol. The predicted molar refractivity (Wildman–Crippen MR) is 91.3 cm³/mol. The fourth-order valence-corrected chi connectivity index (χ4v) is 2.94. The number of carbonyl (C=O) groups excluding carboxylic acids is 1. The summed E-state index contributed by atoms with van der Waals surface area (Å²) in [5.74, 6) is -0.451. The lowest BCUT2D eigenvalue weighted by Gasteiger charge is -2.31. The monoisotopic (exact) mass is 327 g/mol. The van der Waals surface area contributed by atoms with Crippen molar-refractivity contribution in [2.75, 3.05) is 13.1 Å². The van der Waals surface area contributed by atoms with Crippen molar-refractivity contribution in [3.63, 3.8) is 0 Å². The Morgan fingerprint density at radius 1 is 1.08 bits per heavy atom. The van der Waals surface area contributed by atoms with Gasteiger partial charge in [0, 0.05) is 19.6 Å². The average molecular weight is 327 g/mol. The lowest BCUT2D eigenvalue weighted by Crippen LogP contribution is -2.37. The van der Waals surface area contributed by atoms with Crippen molar-refractivity contribution in [3.8, 4) is 0 Å². The fraction of sp³-hybridized carbons (Fsp3) is 0.350. The molecule has 0 spiro atoms. The van der Waals surface area contributed by atoms with Crippen LogP contribution in [0, 0.1) is 12.7 Å². The first-order valence-electron chi connectivity index (χ1n) is 8.34. The molecule has 0 amide bonds. The molecule has 1 aliphatic heterocycles. The zero-order chi connectivity index (χ0) is 16.9. The van der Waals surface area contributed by atoms with Crippen LogP contribution in [0.1, 0.15) is 34.3 Å². The summed E-state index contributed by atoms with van der Waals surface area (Å²) in [5, 5.41) is 0. The van der Waals surface area contributed by atoms with Crippen LogP contribution in [0.4, 0.5) is 4.39 Å². The van der Waals surface area contributed by atoms with E-state index in [2.05, 4.69) is 4.90 Å². The molecule has 0 unspecified atom stereocenters. The number of rotatable bonds is 4. The van der Waals surface area contributed by atoms with Gasteiger partial charge in [-0.1, -0.05) is 29.8 Å². The Kier molecular flexibility index (Phi) is 5.26. The highest BCUT2D eigenvalue weighted by Gasteiger charge is 2.22. The Balaban J connectivity index is 1.47. The highest BCUT2D eigenvalue weighted by molar-refractivity contribution is 5.89. The van der Waals surface area contributed by atoms with E-state index in [1.165, 1.54) is 12.1 Å². The van der Waals surface area contributed by atoms with E-state index in [4.69, 9.17) is 4.74 Å². The van der Waals surface area contributed by atoms with Gasteiger partial charge >= 0.3 is 5.97 Å². The van der Waals surface area contributed by atoms with Crippen LogP contribution >= 0.6 is 0 Å². The third-order valence-corrected chi connectivity index (χ3v) is 4.42. The summed E-state index contributed by atoms with van der Waals surface area (Å²) in [5.41, 5.74) is 2.83. The van der Waals surface area contributed by atoms with Crippen LogP contribution in [0.5, 0.6) is 0 Å². The van der Waals surface area contributed by atoms with Gasteiger partial charge in [0.1, 0.15) is 11.9 Å². The first kappa shape index (κ1) is 16.7. The van der Waals surface area contributed by atoms with Gasteiger partial charge in [0.25, 0.3) is 0 Å². The van der Waals surface area contributed by atoms with Crippen molar-refractivity contribution in [2.24, 2.45) is 0 Å². The number of hydrogen-bond donors (Lipinski definition) is 0. The lowest BCUT2D eigenvalue weighted by molar-refractivity contribution is 0.0104. The van der Waals surface area contributed by atoms with E-state index in [9.17, 15) is 9.18 Å². The van der Waals surface area contributed by atoms with Gasteiger partial charge in [0.2, 0.25) is 0 Å². The number of benzene rings is 2. The number of nitrogens with zero attached hydrogens (tertiary/aromatic N) is 1. The second-order valence-corrected chi connectivity index (χ2v) is 6.37. The van der Waals surface area contributed by atoms with E-state index < -0.39 is 0 Å². The average Bonchev–Trinajstić information content (AvgIpc) is 2.59. The molecule has 24 heavy (non-hydrogen) atoms. The summed E-state index contributed by atoms with van der Waals surface area (Å²) in [6.07, 6.45) is 1.64. The molecule has 0 N–H and O–H groups in total.